The van der Waals surface area contributed by atoms with E-state index in [1.54, 1.807) is 0 Å². The van der Waals surface area contributed by atoms with Gasteiger partial charge in [0.1, 0.15) is 5.56 Å². The van der Waals surface area contributed by atoms with Gasteiger partial charge in [0.25, 0.3) is 5.69 Å². The summed E-state index contributed by atoms with van der Waals surface area (Å²) < 4.78 is 0. The van der Waals surface area contributed by atoms with Gasteiger partial charge in [0.05, 0.1) is 4.92 Å². The first kappa shape index (κ1) is 9.97. The molecule has 0 unspecified atom stereocenters. The number of rotatable bonds is 2. The van der Waals surface area contributed by atoms with Gasteiger partial charge in [0.2, 0.25) is 0 Å². The first-order valence-corrected chi connectivity index (χ1v) is 3.72. The second-order valence-corrected chi connectivity index (χ2v) is 2.74. The number of aromatic carboxylic acids is 1. The molecule has 0 aliphatic heterocycles. The SMILES string of the molecule is Cc1c(N)ccc([N+](=O)[O-])c1C(=O)O. The highest BCUT2D eigenvalue weighted by molar-refractivity contribution is 5.95. The van der Waals surface area contributed by atoms with E-state index in [9.17, 15) is 14.9 Å². The zero-order valence-corrected chi connectivity index (χ0v) is 7.35. The number of anilines is 1. The van der Waals surface area contributed by atoms with Gasteiger partial charge in [0.15, 0.2) is 0 Å². The number of nitro benzene ring substituents is 1. The molecule has 1 rings (SSSR count). The highest BCUT2D eigenvalue weighted by Gasteiger charge is 2.22. The molecule has 0 heterocycles. The first-order chi connectivity index (χ1) is 6.45. The largest absolute Gasteiger partial charge is 0.477 e. The zero-order chi connectivity index (χ0) is 10.9. The van der Waals surface area contributed by atoms with Crippen molar-refractivity contribution in [3.8, 4) is 0 Å². The summed E-state index contributed by atoms with van der Waals surface area (Å²) in [7, 11) is 0. The summed E-state index contributed by atoms with van der Waals surface area (Å²) in [4.78, 5) is 20.5. The van der Waals surface area contributed by atoms with Crippen molar-refractivity contribution in [3.63, 3.8) is 0 Å². The number of nitrogens with zero attached hydrogens (tertiary/aromatic N) is 1. The molecule has 3 N–H and O–H groups in total. The molecule has 1 aromatic rings. The molecule has 0 atom stereocenters. The lowest BCUT2D eigenvalue weighted by Gasteiger charge is -2.04. The Bertz CT molecular complexity index is 414. The van der Waals surface area contributed by atoms with Crippen LogP contribution in [-0.4, -0.2) is 16.0 Å². The molecule has 14 heavy (non-hydrogen) atoms. The second-order valence-electron chi connectivity index (χ2n) is 2.74. The Balaban J connectivity index is 3.53. The third kappa shape index (κ3) is 1.49. The van der Waals surface area contributed by atoms with Crippen LogP contribution in [0, 0.1) is 17.0 Å². The van der Waals surface area contributed by atoms with Gasteiger partial charge in [-0.3, -0.25) is 10.1 Å². The highest BCUT2D eigenvalue weighted by Crippen LogP contribution is 2.26. The summed E-state index contributed by atoms with van der Waals surface area (Å²) in [6, 6.07) is 2.41. The van der Waals surface area contributed by atoms with Crippen molar-refractivity contribution in [2.75, 3.05) is 5.73 Å². The Hall–Kier alpha value is -2.11. The van der Waals surface area contributed by atoms with E-state index in [4.69, 9.17) is 10.8 Å². The number of nitro groups is 1. The average molecular weight is 196 g/mol. The van der Waals surface area contributed by atoms with Crippen LogP contribution in [0.4, 0.5) is 11.4 Å². The molecule has 0 fully saturated rings. The monoisotopic (exact) mass is 196 g/mol. The fourth-order valence-corrected chi connectivity index (χ4v) is 1.14. The maximum Gasteiger partial charge on any atom is 0.343 e. The van der Waals surface area contributed by atoms with Crippen LogP contribution in [0.25, 0.3) is 0 Å². The maximum absolute atomic E-state index is 10.7. The number of carboxylic acids is 1. The van der Waals surface area contributed by atoms with Crippen molar-refractivity contribution in [2.24, 2.45) is 0 Å². The summed E-state index contributed by atoms with van der Waals surface area (Å²) >= 11 is 0. The molecule has 0 saturated carbocycles. The van der Waals surface area contributed by atoms with Crippen molar-refractivity contribution in [1.82, 2.24) is 0 Å². The molecular weight excluding hydrogens is 188 g/mol. The summed E-state index contributed by atoms with van der Waals surface area (Å²) in [5, 5.41) is 19.3. The normalized spacial score (nSPS) is 9.79. The van der Waals surface area contributed by atoms with Crippen LogP contribution in [0.3, 0.4) is 0 Å². The number of hydrogen-bond acceptors (Lipinski definition) is 4. The summed E-state index contributed by atoms with van der Waals surface area (Å²) in [6.07, 6.45) is 0. The van der Waals surface area contributed by atoms with Gasteiger partial charge in [-0.1, -0.05) is 0 Å². The van der Waals surface area contributed by atoms with E-state index in [-0.39, 0.29) is 16.8 Å². The van der Waals surface area contributed by atoms with Gasteiger partial charge in [0, 0.05) is 11.8 Å². The molecule has 0 amide bonds. The van der Waals surface area contributed by atoms with Gasteiger partial charge in [-0.25, -0.2) is 4.79 Å². The topological polar surface area (TPSA) is 106 Å². The lowest BCUT2D eigenvalue weighted by atomic mass is 10.1. The van der Waals surface area contributed by atoms with Crippen molar-refractivity contribution in [3.05, 3.63) is 33.4 Å². The Labute approximate surface area is 79.1 Å². The molecule has 1 aromatic carbocycles. The first-order valence-electron chi connectivity index (χ1n) is 3.72. The molecule has 0 spiro atoms. The third-order valence-electron chi connectivity index (χ3n) is 1.90. The average Bonchev–Trinajstić information content (AvgIpc) is 2.08. The molecule has 6 heteroatoms. The van der Waals surface area contributed by atoms with Crippen molar-refractivity contribution in [2.45, 2.75) is 6.92 Å². The van der Waals surface area contributed by atoms with Gasteiger partial charge >= 0.3 is 5.97 Å². The minimum Gasteiger partial charge on any atom is -0.477 e. The number of hydrogen-bond donors (Lipinski definition) is 2. The van der Waals surface area contributed by atoms with Crippen LogP contribution in [0.2, 0.25) is 0 Å². The van der Waals surface area contributed by atoms with Crippen molar-refractivity contribution < 1.29 is 14.8 Å². The molecule has 6 nitrogen and oxygen atoms in total. The van der Waals surface area contributed by atoms with Crippen LogP contribution in [0.15, 0.2) is 12.1 Å². The summed E-state index contributed by atoms with van der Waals surface area (Å²) in [5.41, 5.74) is 5.09. The summed E-state index contributed by atoms with van der Waals surface area (Å²) in [5.74, 6) is -1.35. The Morgan fingerprint density at radius 1 is 1.57 bits per heavy atom. The van der Waals surface area contributed by atoms with Crippen LogP contribution in [0.1, 0.15) is 15.9 Å². The predicted octanol–water partition coefficient (Wildman–Crippen LogP) is 1.18. The Kier molecular flexibility index (Phi) is 2.37. The van der Waals surface area contributed by atoms with Crippen LogP contribution >= 0.6 is 0 Å². The molecule has 0 bridgehead atoms. The fraction of sp³-hybridized carbons (Fsp3) is 0.125. The van der Waals surface area contributed by atoms with E-state index in [2.05, 4.69) is 0 Å². The van der Waals surface area contributed by atoms with Crippen molar-refractivity contribution in [1.29, 1.82) is 0 Å². The molecular formula is C8H8N2O4. The van der Waals surface area contributed by atoms with E-state index in [0.29, 0.717) is 0 Å². The van der Waals surface area contributed by atoms with E-state index < -0.39 is 16.6 Å². The van der Waals surface area contributed by atoms with Gasteiger partial charge in [-0.05, 0) is 18.6 Å². The number of benzene rings is 1. The van der Waals surface area contributed by atoms with Gasteiger partial charge < -0.3 is 10.8 Å². The lowest BCUT2D eigenvalue weighted by molar-refractivity contribution is -0.385. The molecule has 0 aliphatic carbocycles. The second kappa shape index (κ2) is 3.33. The number of carbonyl (C=O) groups is 1. The van der Waals surface area contributed by atoms with Crippen molar-refractivity contribution >= 4 is 17.3 Å². The van der Waals surface area contributed by atoms with Crippen LogP contribution < -0.4 is 5.73 Å². The number of nitrogen functional groups attached to an aromatic ring is 1. The standard InChI is InChI=1S/C8H8N2O4/c1-4-5(9)2-3-6(10(13)14)7(4)8(11)12/h2-3H,9H2,1H3,(H,11,12). The smallest absolute Gasteiger partial charge is 0.343 e. The highest BCUT2D eigenvalue weighted by atomic mass is 16.6. The summed E-state index contributed by atoms with van der Waals surface area (Å²) in [6.45, 7) is 1.44. The molecule has 0 saturated heterocycles. The van der Waals surface area contributed by atoms with Gasteiger partial charge in [-0.2, -0.15) is 0 Å². The minimum absolute atomic E-state index is 0.215. The number of carboxylic acid groups (broad SMARTS) is 1. The molecule has 0 aromatic heterocycles. The Morgan fingerprint density at radius 3 is 2.57 bits per heavy atom. The van der Waals surface area contributed by atoms with Crippen LogP contribution in [0.5, 0.6) is 0 Å². The maximum atomic E-state index is 10.7. The van der Waals surface area contributed by atoms with E-state index in [0.717, 1.165) is 6.07 Å². The minimum atomic E-state index is -1.35. The Morgan fingerprint density at radius 2 is 2.14 bits per heavy atom. The van der Waals surface area contributed by atoms with Crippen LogP contribution in [-0.2, 0) is 0 Å². The van der Waals surface area contributed by atoms with E-state index in [1.165, 1.54) is 13.0 Å². The third-order valence-corrected chi connectivity index (χ3v) is 1.90. The molecule has 0 radical (unpaired) electrons. The molecule has 0 aliphatic rings. The fourth-order valence-electron chi connectivity index (χ4n) is 1.14. The lowest BCUT2D eigenvalue weighted by Crippen LogP contribution is -2.07. The van der Waals surface area contributed by atoms with E-state index >= 15 is 0 Å². The quantitative estimate of drug-likeness (QED) is 0.419. The number of nitrogens with two attached hydrogens (primary N) is 1. The molecule has 74 valence electrons. The van der Waals surface area contributed by atoms with E-state index in [1.807, 2.05) is 0 Å². The zero-order valence-electron chi connectivity index (χ0n) is 7.35. The van der Waals surface area contributed by atoms with Gasteiger partial charge in [-0.15, -0.1) is 0 Å². The predicted molar refractivity (Wildman–Crippen MR) is 49.2 cm³/mol.